The Hall–Kier alpha value is -3.37. The third-order valence-corrected chi connectivity index (χ3v) is 6.05. The number of nitrogens with one attached hydrogen (secondary N) is 3. The number of carbonyl (C=O) groups is 1. The first-order chi connectivity index (χ1) is 15.6. The molecule has 1 saturated heterocycles. The molecule has 3 atom stereocenters. The molecule has 1 aliphatic carbocycles. The number of H-pyrrole nitrogens is 1. The Labute approximate surface area is 183 Å². The topological polar surface area (TPSA) is 112 Å². The van der Waals surface area contributed by atoms with E-state index in [1.807, 2.05) is 6.07 Å². The van der Waals surface area contributed by atoms with Crippen LogP contribution >= 0.6 is 0 Å². The first-order valence-corrected chi connectivity index (χ1v) is 10.8. The van der Waals surface area contributed by atoms with Gasteiger partial charge in [-0.15, -0.1) is 0 Å². The largest absolute Gasteiger partial charge is 0.365 e. The fourth-order valence-electron chi connectivity index (χ4n) is 4.42. The van der Waals surface area contributed by atoms with Gasteiger partial charge in [0.05, 0.1) is 18.1 Å². The summed E-state index contributed by atoms with van der Waals surface area (Å²) in [6.45, 7) is 0.584. The number of halogens is 2. The van der Waals surface area contributed by atoms with Crippen LogP contribution in [0.25, 0.3) is 22.6 Å². The molecule has 9 nitrogen and oxygen atoms in total. The van der Waals surface area contributed by atoms with Crippen LogP contribution in [0, 0.1) is 5.82 Å². The normalized spacial score (nSPS) is 23.4. The van der Waals surface area contributed by atoms with Crippen molar-refractivity contribution in [2.24, 2.45) is 0 Å². The second kappa shape index (κ2) is 8.64. The highest BCUT2D eigenvalue weighted by molar-refractivity contribution is 5.88. The number of rotatable bonds is 4. The summed E-state index contributed by atoms with van der Waals surface area (Å²) in [4.78, 5) is 26.6. The van der Waals surface area contributed by atoms with Gasteiger partial charge >= 0.3 is 6.03 Å². The van der Waals surface area contributed by atoms with Crippen LogP contribution in [0.15, 0.2) is 24.5 Å². The highest BCUT2D eigenvalue weighted by Gasteiger charge is 2.29. The third kappa shape index (κ3) is 4.19. The minimum atomic E-state index is -0.945. The Kier molecular flexibility index (Phi) is 5.54. The maximum Gasteiger partial charge on any atom is 0.317 e. The Bertz CT molecular complexity index is 1120. The summed E-state index contributed by atoms with van der Waals surface area (Å²) in [5, 5.41) is 14.0. The van der Waals surface area contributed by atoms with Gasteiger partial charge in [0, 0.05) is 24.8 Å². The molecule has 11 heteroatoms. The number of urea groups is 1. The highest BCUT2D eigenvalue weighted by Crippen LogP contribution is 2.26. The van der Waals surface area contributed by atoms with Crippen molar-refractivity contribution in [2.75, 3.05) is 18.4 Å². The second-order valence-electron chi connectivity index (χ2n) is 8.35. The standard InChI is InChI=1S/C21H24F2N8O/c22-12-6-8-31(11-12)21(32)27-14-4-1-3-13(9-14)26-19-16(23)10-25-20(28-19)17-15-5-2-7-24-18(15)30-29-17/h2,5,7,10,12-14H,1,3-4,6,8-9,11H2,(H,27,32)(H,24,29,30)(H,25,26,28)/t12-,13?,14+/m0/s1. The van der Waals surface area contributed by atoms with E-state index < -0.39 is 12.0 Å². The monoisotopic (exact) mass is 442 g/mol. The van der Waals surface area contributed by atoms with Gasteiger partial charge in [-0.3, -0.25) is 5.10 Å². The van der Waals surface area contributed by atoms with Gasteiger partial charge in [0.25, 0.3) is 0 Å². The van der Waals surface area contributed by atoms with Crippen LogP contribution < -0.4 is 10.6 Å². The van der Waals surface area contributed by atoms with E-state index in [4.69, 9.17) is 0 Å². The van der Waals surface area contributed by atoms with E-state index in [1.54, 1.807) is 12.3 Å². The van der Waals surface area contributed by atoms with Crippen molar-refractivity contribution < 1.29 is 13.6 Å². The molecule has 0 spiro atoms. The molecule has 0 aromatic carbocycles. The average molecular weight is 442 g/mol. The second-order valence-corrected chi connectivity index (χ2v) is 8.35. The number of pyridine rings is 1. The van der Waals surface area contributed by atoms with E-state index in [0.29, 0.717) is 36.6 Å². The average Bonchev–Trinajstić information content (AvgIpc) is 3.42. The van der Waals surface area contributed by atoms with Crippen LogP contribution in [-0.4, -0.2) is 67.4 Å². The lowest BCUT2D eigenvalue weighted by molar-refractivity contribution is 0.195. The fourth-order valence-corrected chi connectivity index (χ4v) is 4.42. The zero-order valence-electron chi connectivity index (χ0n) is 17.4. The number of carbonyl (C=O) groups excluding carboxylic acids is 1. The number of hydrogen-bond donors (Lipinski definition) is 3. The van der Waals surface area contributed by atoms with Crippen molar-refractivity contribution in [1.82, 2.24) is 35.4 Å². The maximum absolute atomic E-state index is 14.5. The number of hydrogen-bond acceptors (Lipinski definition) is 6. The lowest BCUT2D eigenvalue weighted by atomic mass is 9.91. The van der Waals surface area contributed by atoms with Crippen molar-refractivity contribution in [2.45, 2.75) is 50.4 Å². The smallest absolute Gasteiger partial charge is 0.317 e. The molecular formula is C21H24F2N8O. The molecule has 0 bridgehead atoms. The Morgan fingerprint density at radius 3 is 2.94 bits per heavy atom. The molecule has 1 aliphatic heterocycles. The van der Waals surface area contributed by atoms with Crippen molar-refractivity contribution in [1.29, 1.82) is 0 Å². The SMILES string of the molecule is O=C(N[C@@H]1CCCC(Nc2nc(-c3n[nH]c4ncccc34)ncc2F)C1)N1CC[C@H](F)C1. The molecule has 1 saturated carbocycles. The molecule has 168 valence electrons. The van der Waals surface area contributed by atoms with Crippen LogP contribution in [0.5, 0.6) is 0 Å². The summed E-state index contributed by atoms with van der Waals surface area (Å²) in [5.74, 6) is -0.153. The van der Waals surface area contributed by atoms with E-state index >= 15 is 0 Å². The van der Waals surface area contributed by atoms with Crippen LogP contribution in [0.4, 0.5) is 19.4 Å². The predicted molar refractivity (Wildman–Crippen MR) is 114 cm³/mol. The summed E-state index contributed by atoms with van der Waals surface area (Å²) in [7, 11) is 0. The predicted octanol–water partition coefficient (Wildman–Crippen LogP) is 3.03. The minimum Gasteiger partial charge on any atom is -0.365 e. The summed E-state index contributed by atoms with van der Waals surface area (Å²) < 4.78 is 27.9. The van der Waals surface area contributed by atoms with Crippen molar-refractivity contribution in [3.05, 3.63) is 30.3 Å². The molecule has 0 radical (unpaired) electrons. The van der Waals surface area contributed by atoms with Gasteiger partial charge in [-0.1, -0.05) is 0 Å². The number of aromatic amines is 1. The summed E-state index contributed by atoms with van der Waals surface area (Å²) in [6.07, 6.45) is 5.40. The highest BCUT2D eigenvalue weighted by atomic mass is 19.1. The fraction of sp³-hybridized carbons (Fsp3) is 0.476. The van der Waals surface area contributed by atoms with Crippen LogP contribution in [0.1, 0.15) is 32.1 Å². The molecule has 5 rings (SSSR count). The molecule has 3 aromatic heterocycles. The Morgan fingerprint density at radius 2 is 2.09 bits per heavy atom. The van der Waals surface area contributed by atoms with Crippen LogP contribution in [0.2, 0.25) is 0 Å². The van der Waals surface area contributed by atoms with Gasteiger partial charge in [0.15, 0.2) is 23.1 Å². The number of aromatic nitrogens is 5. The molecule has 4 heterocycles. The summed E-state index contributed by atoms with van der Waals surface area (Å²) in [5.41, 5.74) is 1.11. The van der Waals surface area contributed by atoms with E-state index in [9.17, 15) is 13.6 Å². The lowest BCUT2D eigenvalue weighted by Crippen LogP contribution is -2.47. The van der Waals surface area contributed by atoms with Crippen LogP contribution in [-0.2, 0) is 0 Å². The molecular weight excluding hydrogens is 418 g/mol. The van der Waals surface area contributed by atoms with Crippen molar-refractivity contribution in [3.63, 3.8) is 0 Å². The quantitative estimate of drug-likeness (QED) is 0.573. The van der Waals surface area contributed by atoms with Crippen molar-refractivity contribution >= 4 is 22.9 Å². The Balaban J connectivity index is 1.27. The molecule has 2 fully saturated rings. The lowest BCUT2D eigenvalue weighted by Gasteiger charge is -2.31. The number of likely N-dealkylation sites (tertiary alicyclic amines) is 1. The maximum atomic E-state index is 14.5. The molecule has 3 N–H and O–H groups in total. The Morgan fingerprint density at radius 1 is 1.22 bits per heavy atom. The number of anilines is 1. The zero-order valence-corrected chi connectivity index (χ0v) is 17.4. The number of alkyl halides is 1. The third-order valence-electron chi connectivity index (χ3n) is 6.05. The van der Waals surface area contributed by atoms with Gasteiger partial charge in [-0.2, -0.15) is 5.10 Å². The minimum absolute atomic E-state index is 0.0573. The van der Waals surface area contributed by atoms with Crippen molar-refractivity contribution in [3.8, 4) is 11.5 Å². The van der Waals surface area contributed by atoms with Gasteiger partial charge in [0.1, 0.15) is 11.9 Å². The molecule has 3 aromatic rings. The number of nitrogens with zero attached hydrogens (tertiary/aromatic N) is 5. The van der Waals surface area contributed by atoms with Crippen LogP contribution in [0.3, 0.4) is 0 Å². The van der Waals surface area contributed by atoms with E-state index in [2.05, 4.69) is 35.8 Å². The van der Waals surface area contributed by atoms with E-state index in [1.165, 1.54) is 4.90 Å². The summed E-state index contributed by atoms with van der Waals surface area (Å²) in [6, 6.07) is 3.29. The molecule has 1 unspecified atom stereocenters. The van der Waals surface area contributed by atoms with Gasteiger partial charge in [-0.05, 0) is 44.2 Å². The first kappa shape index (κ1) is 20.5. The molecule has 32 heavy (non-hydrogen) atoms. The zero-order chi connectivity index (χ0) is 22.1. The number of fused-ring (bicyclic) bond motifs is 1. The van der Waals surface area contributed by atoms with Gasteiger partial charge < -0.3 is 15.5 Å². The molecule has 2 amide bonds. The van der Waals surface area contributed by atoms with E-state index in [-0.39, 0.29) is 30.5 Å². The van der Waals surface area contributed by atoms with E-state index in [0.717, 1.165) is 30.8 Å². The summed E-state index contributed by atoms with van der Waals surface area (Å²) >= 11 is 0. The van der Waals surface area contributed by atoms with Gasteiger partial charge in [-0.25, -0.2) is 28.5 Å². The van der Waals surface area contributed by atoms with Gasteiger partial charge in [0.2, 0.25) is 0 Å². The number of amides is 2. The first-order valence-electron chi connectivity index (χ1n) is 10.8. The molecule has 2 aliphatic rings.